The van der Waals surface area contributed by atoms with Crippen LogP contribution in [0.3, 0.4) is 0 Å². The predicted molar refractivity (Wildman–Crippen MR) is 111 cm³/mol. The molecule has 2 amide bonds. The molecule has 0 radical (unpaired) electrons. The van der Waals surface area contributed by atoms with Gasteiger partial charge < -0.3 is 10.6 Å². The lowest BCUT2D eigenvalue weighted by atomic mass is 10.1. The van der Waals surface area contributed by atoms with E-state index in [9.17, 15) is 14.0 Å². The van der Waals surface area contributed by atoms with E-state index in [2.05, 4.69) is 20.6 Å². The summed E-state index contributed by atoms with van der Waals surface area (Å²) in [4.78, 5) is 32.9. The number of rotatable bonds is 6. The second-order valence-electron chi connectivity index (χ2n) is 6.71. The number of halogens is 1. The quantitative estimate of drug-likeness (QED) is 0.652. The molecule has 0 fully saturated rings. The molecular formula is C23H23FN4O2. The van der Waals surface area contributed by atoms with Crippen LogP contribution in [0.4, 0.5) is 4.39 Å². The standard InChI is InChI=1S/C23H23FN4O2/c1-14-4-5-17(8-15(14)2)11-25-22(29)20-10-21(28-13-27-20)23(30)26-12-18-6-7-19(24)16(3)9-18/h4-10,13H,11-12H2,1-3H3,(H,25,29)(H,26,30)/i11D2,12D2. The molecule has 0 aliphatic carbocycles. The molecule has 0 saturated heterocycles. The summed E-state index contributed by atoms with van der Waals surface area (Å²) in [6, 6.07) is 9.59. The lowest BCUT2D eigenvalue weighted by molar-refractivity contribution is 0.0944. The summed E-state index contributed by atoms with van der Waals surface area (Å²) in [5.74, 6) is -2.31. The van der Waals surface area contributed by atoms with Gasteiger partial charge in [0.15, 0.2) is 0 Å². The fourth-order valence-corrected chi connectivity index (χ4v) is 2.53. The van der Waals surface area contributed by atoms with Gasteiger partial charge >= 0.3 is 0 Å². The topological polar surface area (TPSA) is 84.0 Å². The Kier molecular flexibility index (Phi) is 5.00. The van der Waals surface area contributed by atoms with Crippen LogP contribution in [0.1, 0.15) is 54.3 Å². The molecule has 3 rings (SSSR count). The molecule has 154 valence electrons. The van der Waals surface area contributed by atoms with Crippen LogP contribution in [0.5, 0.6) is 0 Å². The van der Waals surface area contributed by atoms with E-state index in [0.717, 1.165) is 29.6 Å². The van der Waals surface area contributed by atoms with Crippen molar-refractivity contribution >= 4 is 11.8 Å². The molecule has 1 aromatic heterocycles. The van der Waals surface area contributed by atoms with Crippen molar-refractivity contribution in [2.24, 2.45) is 0 Å². The Morgan fingerprint density at radius 1 is 0.833 bits per heavy atom. The highest BCUT2D eigenvalue weighted by Crippen LogP contribution is 2.11. The minimum Gasteiger partial charge on any atom is -0.347 e. The van der Waals surface area contributed by atoms with Crippen molar-refractivity contribution in [1.29, 1.82) is 0 Å². The summed E-state index contributed by atoms with van der Waals surface area (Å²) in [6.45, 7) is 0.644. The third-order valence-corrected chi connectivity index (χ3v) is 4.44. The number of aryl methyl sites for hydroxylation is 3. The Morgan fingerprint density at radius 2 is 1.37 bits per heavy atom. The van der Waals surface area contributed by atoms with Gasteiger partial charge in [-0.3, -0.25) is 9.59 Å². The van der Waals surface area contributed by atoms with Crippen molar-refractivity contribution in [3.05, 3.63) is 93.8 Å². The molecule has 2 N–H and O–H groups in total. The molecular weight excluding hydrogens is 383 g/mol. The minimum atomic E-state index is -2.34. The lowest BCUT2D eigenvalue weighted by Gasteiger charge is -2.09. The second-order valence-corrected chi connectivity index (χ2v) is 6.71. The first-order valence-corrected chi connectivity index (χ1v) is 9.11. The maximum atomic E-state index is 13.5. The summed E-state index contributed by atoms with van der Waals surface area (Å²) in [5.41, 5.74) is 1.78. The van der Waals surface area contributed by atoms with Gasteiger partial charge in [0, 0.05) is 19.1 Å². The Balaban J connectivity index is 1.77. The van der Waals surface area contributed by atoms with Gasteiger partial charge in [0.05, 0.1) is 5.48 Å². The Bertz CT molecular complexity index is 1170. The van der Waals surface area contributed by atoms with E-state index in [1.165, 1.54) is 19.1 Å². The first-order valence-electron chi connectivity index (χ1n) is 11.1. The zero-order chi connectivity index (χ0) is 25.3. The van der Waals surface area contributed by atoms with Crippen molar-refractivity contribution in [2.75, 3.05) is 0 Å². The molecule has 0 spiro atoms. The van der Waals surface area contributed by atoms with Gasteiger partial charge in [0.25, 0.3) is 11.8 Å². The molecule has 0 aliphatic heterocycles. The molecule has 2 aromatic carbocycles. The first-order chi connectivity index (χ1) is 15.8. The van der Waals surface area contributed by atoms with Crippen molar-refractivity contribution in [3.63, 3.8) is 0 Å². The molecule has 30 heavy (non-hydrogen) atoms. The largest absolute Gasteiger partial charge is 0.347 e. The highest BCUT2D eigenvalue weighted by molar-refractivity contribution is 5.97. The monoisotopic (exact) mass is 410 g/mol. The van der Waals surface area contributed by atoms with Crippen molar-refractivity contribution in [1.82, 2.24) is 20.6 Å². The van der Waals surface area contributed by atoms with Crippen LogP contribution in [0.15, 0.2) is 48.8 Å². The smallest absolute Gasteiger partial charge is 0.270 e. The van der Waals surface area contributed by atoms with Gasteiger partial charge in [-0.2, -0.15) is 0 Å². The number of carbonyl (C=O) groups excluding carboxylic acids is 2. The van der Waals surface area contributed by atoms with E-state index < -0.39 is 30.6 Å². The number of nitrogens with zero attached hydrogens (tertiary/aromatic N) is 2. The van der Waals surface area contributed by atoms with E-state index in [1.54, 1.807) is 18.2 Å². The number of hydrogen-bond donors (Lipinski definition) is 2. The van der Waals surface area contributed by atoms with Crippen molar-refractivity contribution in [2.45, 2.75) is 33.8 Å². The van der Waals surface area contributed by atoms with Crippen LogP contribution in [0.2, 0.25) is 0 Å². The fourth-order valence-electron chi connectivity index (χ4n) is 2.53. The zero-order valence-electron chi connectivity index (χ0n) is 20.7. The minimum absolute atomic E-state index is 0.0355. The van der Waals surface area contributed by atoms with Gasteiger partial charge in [-0.1, -0.05) is 30.3 Å². The maximum absolute atomic E-state index is 13.5. The van der Waals surface area contributed by atoms with Crippen molar-refractivity contribution in [3.8, 4) is 0 Å². The van der Waals surface area contributed by atoms with Gasteiger partial charge in [-0.05, 0) is 54.7 Å². The lowest BCUT2D eigenvalue weighted by Crippen LogP contribution is -2.27. The van der Waals surface area contributed by atoms with E-state index in [4.69, 9.17) is 5.48 Å². The summed E-state index contributed by atoms with van der Waals surface area (Å²) < 4.78 is 46.2. The third-order valence-electron chi connectivity index (χ3n) is 4.44. The van der Waals surface area contributed by atoms with Crippen molar-refractivity contribution < 1.29 is 19.5 Å². The van der Waals surface area contributed by atoms with Gasteiger partial charge in [0.1, 0.15) is 23.5 Å². The number of amides is 2. The normalized spacial score (nSPS) is 13.5. The van der Waals surface area contributed by atoms with E-state index in [0.29, 0.717) is 0 Å². The molecule has 6 nitrogen and oxygen atoms in total. The first kappa shape index (κ1) is 16.2. The Hall–Kier alpha value is -3.61. The molecule has 7 heteroatoms. The molecule has 0 saturated carbocycles. The second kappa shape index (κ2) is 9.26. The van der Waals surface area contributed by atoms with Crippen LogP contribution >= 0.6 is 0 Å². The third kappa shape index (κ3) is 5.26. The molecule has 0 unspecified atom stereocenters. The van der Waals surface area contributed by atoms with E-state index >= 15 is 0 Å². The highest BCUT2D eigenvalue weighted by Gasteiger charge is 2.13. The number of carbonyl (C=O) groups is 2. The Morgan fingerprint density at radius 3 is 1.90 bits per heavy atom. The predicted octanol–water partition coefficient (Wildman–Crippen LogP) is 3.40. The number of aromatic nitrogens is 2. The van der Waals surface area contributed by atoms with Gasteiger partial charge in [-0.15, -0.1) is 0 Å². The SMILES string of the molecule is [2H]C([2H])(NC(=O)c1cc(C(=O)NC([2H])([2H])c2ccc(F)c(C)c2)ncn1)c1ccc(C)c(C)c1. The number of hydrogen-bond acceptors (Lipinski definition) is 4. The summed E-state index contributed by atoms with van der Waals surface area (Å²) in [7, 11) is 0. The summed E-state index contributed by atoms with van der Waals surface area (Å²) in [5, 5.41) is 4.41. The summed E-state index contributed by atoms with van der Waals surface area (Å²) >= 11 is 0. The average Bonchev–Trinajstić information content (AvgIpc) is 2.76. The maximum Gasteiger partial charge on any atom is 0.270 e. The number of benzene rings is 2. The number of nitrogens with one attached hydrogen (secondary N) is 2. The van der Waals surface area contributed by atoms with E-state index in [1.807, 2.05) is 13.8 Å². The molecule has 3 aromatic rings. The van der Waals surface area contributed by atoms with Crippen LogP contribution in [0, 0.1) is 26.6 Å². The fraction of sp³-hybridized carbons (Fsp3) is 0.217. The molecule has 0 aliphatic rings. The van der Waals surface area contributed by atoms with Gasteiger partial charge in [-0.25, -0.2) is 14.4 Å². The zero-order valence-corrected chi connectivity index (χ0v) is 16.7. The molecule has 0 bridgehead atoms. The highest BCUT2D eigenvalue weighted by atomic mass is 19.1. The van der Waals surface area contributed by atoms with Crippen LogP contribution < -0.4 is 10.6 Å². The summed E-state index contributed by atoms with van der Waals surface area (Å²) in [6.07, 6.45) is 0.951. The Labute approximate surface area is 180 Å². The van der Waals surface area contributed by atoms with Gasteiger partial charge in [0.2, 0.25) is 0 Å². The van der Waals surface area contributed by atoms with Crippen LogP contribution in [0.25, 0.3) is 0 Å². The molecule has 0 atom stereocenters. The van der Waals surface area contributed by atoms with Crippen LogP contribution in [-0.4, -0.2) is 21.8 Å². The molecule has 1 heterocycles. The van der Waals surface area contributed by atoms with Crippen LogP contribution in [-0.2, 0) is 13.0 Å². The average molecular weight is 410 g/mol. The van der Waals surface area contributed by atoms with E-state index in [-0.39, 0.29) is 28.1 Å².